The first-order chi connectivity index (χ1) is 7.59. The van der Waals surface area contributed by atoms with Gasteiger partial charge in [0.15, 0.2) is 11.6 Å². The number of nitrogens with zero attached hydrogens (tertiary/aromatic N) is 3. The summed E-state index contributed by atoms with van der Waals surface area (Å²) in [6, 6.07) is 1.45. The molecule has 0 spiro atoms. The quantitative estimate of drug-likeness (QED) is 0.834. The average Bonchev–Trinajstić information content (AvgIpc) is 2.69. The molecular weight excluding hydrogens is 220 g/mol. The fourth-order valence-electron chi connectivity index (χ4n) is 1.23. The SMILES string of the molecule is O=C(O)c1cc(F)c(-n2cncn2)c(F)c1. The highest BCUT2D eigenvalue weighted by atomic mass is 19.1. The van der Waals surface area contributed by atoms with Gasteiger partial charge in [-0.05, 0) is 12.1 Å². The summed E-state index contributed by atoms with van der Waals surface area (Å²) >= 11 is 0. The van der Waals surface area contributed by atoms with Crippen LogP contribution in [0.5, 0.6) is 0 Å². The lowest BCUT2D eigenvalue weighted by Crippen LogP contribution is -2.06. The Morgan fingerprint density at radius 3 is 2.38 bits per heavy atom. The molecule has 1 aromatic carbocycles. The van der Waals surface area contributed by atoms with Crippen molar-refractivity contribution in [1.82, 2.24) is 14.8 Å². The fourth-order valence-corrected chi connectivity index (χ4v) is 1.23. The van der Waals surface area contributed by atoms with Crippen LogP contribution < -0.4 is 0 Å². The van der Waals surface area contributed by atoms with E-state index in [1.165, 1.54) is 0 Å². The normalized spacial score (nSPS) is 10.4. The van der Waals surface area contributed by atoms with E-state index in [4.69, 9.17) is 5.11 Å². The Hall–Kier alpha value is -2.31. The molecule has 0 saturated heterocycles. The van der Waals surface area contributed by atoms with Crippen LogP contribution in [0.25, 0.3) is 5.69 Å². The lowest BCUT2D eigenvalue weighted by Gasteiger charge is -2.05. The highest BCUT2D eigenvalue weighted by Crippen LogP contribution is 2.18. The van der Waals surface area contributed by atoms with Crippen molar-refractivity contribution in [2.45, 2.75) is 0 Å². The van der Waals surface area contributed by atoms with Crippen molar-refractivity contribution in [3.05, 3.63) is 42.0 Å². The number of rotatable bonds is 2. The molecule has 0 amide bonds. The Kier molecular flexibility index (Phi) is 2.35. The molecule has 0 bridgehead atoms. The zero-order valence-corrected chi connectivity index (χ0v) is 7.76. The van der Waals surface area contributed by atoms with Gasteiger partial charge in [-0.15, -0.1) is 0 Å². The van der Waals surface area contributed by atoms with Gasteiger partial charge in [0, 0.05) is 0 Å². The van der Waals surface area contributed by atoms with Gasteiger partial charge in [-0.25, -0.2) is 23.2 Å². The molecule has 0 saturated carbocycles. The first-order valence-electron chi connectivity index (χ1n) is 4.17. The van der Waals surface area contributed by atoms with Gasteiger partial charge in [-0.2, -0.15) is 5.10 Å². The van der Waals surface area contributed by atoms with E-state index in [1.54, 1.807) is 0 Å². The molecule has 1 N–H and O–H groups in total. The molecule has 0 unspecified atom stereocenters. The lowest BCUT2D eigenvalue weighted by molar-refractivity contribution is 0.0695. The Morgan fingerprint density at radius 2 is 1.94 bits per heavy atom. The van der Waals surface area contributed by atoms with Gasteiger partial charge in [0.2, 0.25) is 0 Å². The van der Waals surface area contributed by atoms with Crippen molar-refractivity contribution in [1.29, 1.82) is 0 Å². The van der Waals surface area contributed by atoms with Crippen molar-refractivity contribution in [2.75, 3.05) is 0 Å². The molecule has 0 atom stereocenters. The molecule has 0 aliphatic rings. The van der Waals surface area contributed by atoms with Crippen LogP contribution in [0.2, 0.25) is 0 Å². The van der Waals surface area contributed by atoms with Crippen molar-refractivity contribution in [3.8, 4) is 5.69 Å². The highest BCUT2D eigenvalue weighted by molar-refractivity contribution is 5.87. The van der Waals surface area contributed by atoms with Crippen molar-refractivity contribution < 1.29 is 18.7 Å². The van der Waals surface area contributed by atoms with Crippen molar-refractivity contribution in [2.24, 2.45) is 0 Å². The number of halogens is 2. The van der Waals surface area contributed by atoms with E-state index in [0.29, 0.717) is 0 Å². The van der Waals surface area contributed by atoms with Crippen LogP contribution in [-0.4, -0.2) is 25.8 Å². The van der Waals surface area contributed by atoms with Crippen LogP contribution in [0, 0.1) is 11.6 Å². The van der Waals surface area contributed by atoms with Crippen LogP contribution in [0.3, 0.4) is 0 Å². The van der Waals surface area contributed by atoms with E-state index in [-0.39, 0.29) is 0 Å². The summed E-state index contributed by atoms with van der Waals surface area (Å²) in [6.07, 6.45) is 2.23. The second-order valence-corrected chi connectivity index (χ2v) is 2.93. The Labute approximate surface area is 88.0 Å². The third-order valence-electron chi connectivity index (χ3n) is 1.91. The molecular formula is C9H5F2N3O2. The number of carboxylic acids is 1. The van der Waals surface area contributed by atoms with Gasteiger partial charge in [0.05, 0.1) is 5.56 Å². The predicted octanol–water partition coefficient (Wildman–Crippen LogP) is 1.24. The van der Waals surface area contributed by atoms with Crippen LogP contribution in [0.1, 0.15) is 10.4 Å². The number of carbonyl (C=O) groups is 1. The smallest absolute Gasteiger partial charge is 0.335 e. The standard InChI is InChI=1S/C9H5F2N3O2/c10-6-1-5(9(15)16)2-7(11)8(6)14-4-12-3-13-14/h1-4H,(H,15,16). The molecule has 2 rings (SSSR count). The Morgan fingerprint density at radius 1 is 1.31 bits per heavy atom. The van der Waals surface area contributed by atoms with Gasteiger partial charge >= 0.3 is 5.97 Å². The van der Waals surface area contributed by atoms with E-state index >= 15 is 0 Å². The van der Waals surface area contributed by atoms with Crippen LogP contribution in [0.4, 0.5) is 8.78 Å². The fraction of sp³-hybridized carbons (Fsp3) is 0. The number of benzene rings is 1. The summed E-state index contributed by atoms with van der Waals surface area (Å²) in [5, 5.41) is 12.1. The number of hydrogen-bond donors (Lipinski definition) is 1. The third kappa shape index (κ3) is 1.62. The van der Waals surface area contributed by atoms with Gasteiger partial charge in [0.1, 0.15) is 18.3 Å². The summed E-state index contributed by atoms with van der Waals surface area (Å²) in [5.74, 6) is -3.42. The second-order valence-electron chi connectivity index (χ2n) is 2.93. The molecule has 0 aliphatic carbocycles. The molecule has 16 heavy (non-hydrogen) atoms. The minimum absolute atomic E-state index is 0.456. The van der Waals surface area contributed by atoms with E-state index in [0.717, 1.165) is 29.5 Å². The Bertz CT molecular complexity index is 517. The third-order valence-corrected chi connectivity index (χ3v) is 1.91. The van der Waals surface area contributed by atoms with Gasteiger partial charge < -0.3 is 5.11 Å². The second kappa shape index (κ2) is 3.69. The van der Waals surface area contributed by atoms with Crippen LogP contribution in [-0.2, 0) is 0 Å². The molecule has 1 aromatic heterocycles. The van der Waals surface area contributed by atoms with Gasteiger partial charge in [-0.1, -0.05) is 0 Å². The monoisotopic (exact) mass is 225 g/mol. The number of aromatic nitrogens is 3. The van der Waals surface area contributed by atoms with E-state index in [9.17, 15) is 13.6 Å². The maximum atomic E-state index is 13.4. The summed E-state index contributed by atoms with van der Waals surface area (Å²) < 4.78 is 27.8. The van der Waals surface area contributed by atoms with Gasteiger partial charge in [-0.3, -0.25) is 0 Å². The lowest BCUT2D eigenvalue weighted by atomic mass is 10.2. The predicted molar refractivity (Wildman–Crippen MR) is 48.2 cm³/mol. The molecule has 2 aromatic rings. The maximum Gasteiger partial charge on any atom is 0.335 e. The largest absolute Gasteiger partial charge is 0.478 e. The summed E-state index contributed by atoms with van der Waals surface area (Å²) in [4.78, 5) is 14.1. The molecule has 5 nitrogen and oxygen atoms in total. The molecule has 82 valence electrons. The minimum Gasteiger partial charge on any atom is -0.478 e. The highest BCUT2D eigenvalue weighted by Gasteiger charge is 2.16. The van der Waals surface area contributed by atoms with Crippen molar-refractivity contribution in [3.63, 3.8) is 0 Å². The first-order valence-corrected chi connectivity index (χ1v) is 4.17. The molecule has 0 radical (unpaired) electrons. The molecule has 0 fully saturated rings. The van der Waals surface area contributed by atoms with E-state index < -0.39 is 28.9 Å². The molecule has 1 heterocycles. The zero-order chi connectivity index (χ0) is 11.7. The maximum absolute atomic E-state index is 13.4. The number of hydrogen-bond acceptors (Lipinski definition) is 3. The average molecular weight is 225 g/mol. The topological polar surface area (TPSA) is 68.0 Å². The molecule has 0 aliphatic heterocycles. The number of aromatic carboxylic acids is 1. The zero-order valence-electron chi connectivity index (χ0n) is 7.76. The van der Waals surface area contributed by atoms with E-state index in [1.807, 2.05) is 0 Å². The molecule has 7 heteroatoms. The summed E-state index contributed by atoms with van der Waals surface area (Å²) in [7, 11) is 0. The minimum atomic E-state index is -1.40. The van der Waals surface area contributed by atoms with Crippen LogP contribution in [0.15, 0.2) is 24.8 Å². The first kappa shape index (κ1) is 10.2. The Balaban J connectivity index is 2.61. The number of carboxylic acid groups (broad SMARTS) is 1. The van der Waals surface area contributed by atoms with E-state index in [2.05, 4.69) is 10.1 Å². The summed E-state index contributed by atoms with van der Waals surface area (Å²) in [5.41, 5.74) is -0.915. The summed E-state index contributed by atoms with van der Waals surface area (Å²) in [6.45, 7) is 0. The van der Waals surface area contributed by atoms with Gasteiger partial charge in [0.25, 0.3) is 0 Å². The van der Waals surface area contributed by atoms with Crippen molar-refractivity contribution >= 4 is 5.97 Å². The van der Waals surface area contributed by atoms with Crippen LogP contribution >= 0.6 is 0 Å².